The van der Waals surface area contributed by atoms with Crippen LogP contribution in [0, 0.1) is 5.41 Å². The van der Waals surface area contributed by atoms with Gasteiger partial charge in [0.25, 0.3) is 0 Å². The van der Waals surface area contributed by atoms with E-state index in [4.69, 9.17) is 9.47 Å². The molecule has 2 atom stereocenters. The van der Waals surface area contributed by atoms with Gasteiger partial charge in [-0.3, -0.25) is 0 Å². The Morgan fingerprint density at radius 1 is 1.42 bits per heavy atom. The van der Waals surface area contributed by atoms with Crippen molar-refractivity contribution in [1.29, 1.82) is 0 Å². The number of hydrogen-bond donors (Lipinski definition) is 2. The number of rotatable bonds is 9. The summed E-state index contributed by atoms with van der Waals surface area (Å²) in [4.78, 5) is 0. The monoisotopic (exact) mass is 271 g/mol. The van der Waals surface area contributed by atoms with Gasteiger partial charge < -0.3 is 19.9 Å². The predicted octanol–water partition coefficient (Wildman–Crippen LogP) is 1.71. The van der Waals surface area contributed by atoms with Crippen molar-refractivity contribution in [2.24, 2.45) is 5.41 Å². The Hall–Kier alpha value is -0.160. The zero-order chi connectivity index (χ0) is 13.6. The summed E-state index contributed by atoms with van der Waals surface area (Å²) in [7, 11) is 0. The lowest BCUT2D eigenvalue weighted by Crippen LogP contribution is -2.42. The Labute approximate surface area is 116 Å². The highest BCUT2D eigenvalue weighted by Crippen LogP contribution is 2.42. The molecule has 2 fully saturated rings. The van der Waals surface area contributed by atoms with E-state index in [0.29, 0.717) is 25.2 Å². The van der Waals surface area contributed by atoms with Crippen molar-refractivity contribution in [3.63, 3.8) is 0 Å². The second kappa shape index (κ2) is 7.58. The van der Waals surface area contributed by atoms with Crippen LogP contribution in [-0.4, -0.2) is 50.2 Å². The molecule has 0 spiro atoms. The minimum absolute atomic E-state index is 0.249. The van der Waals surface area contributed by atoms with E-state index < -0.39 is 6.10 Å². The minimum Gasteiger partial charge on any atom is -0.389 e. The van der Waals surface area contributed by atoms with E-state index in [1.807, 2.05) is 0 Å². The van der Waals surface area contributed by atoms with Crippen LogP contribution < -0.4 is 5.32 Å². The van der Waals surface area contributed by atoms with E-state index in [9.17, 15) is 5.11 Å². The number of nitrogens with one attached hydrogen (secondary N) is 1. The van der Waals surface area contributed by atoms with Crippen molar-refractivity contribution < 1.29 is 14.6 Å². The fourth-order valence-corrected chi connectivity index (χ4v) is 3.01. The largest absolute Gasteiger partial charge is 0.389 e. The molecule has 1 aliphatic carbocycles. The number of aliphatic hydroxyl groups is 1. The molecule has 2 unspecified atom stereocenters. The van der Waals surface area contributed by atoms with Crippen molar-refractivity contribution in [3.8, 4) is 0 Å². The van der Waals surface area contributed by atoms with Crippen molar-refractivity contribution in [1.82, 2.24) is 5.32 Å². The van der Waals surface area contributed by atoms with Gasteiger partial charge in [-0.15, -0.1) is 0 Å². The zero-order valence-corrected chi connectivity index (χ0v) is 12.2. The van der Waals surface area contributed by atoms with E-state index in [0.717, 1.165) is 26.0 Å². The van der Waals surface area contributed by atoms with Gasteiger partial charge in [-0.2, -0.15) is 0 Å². The Bertz CT molecular complexity index is 244. The highest BCUT2D eigenvalue weighted by Gasteiger charge is 2.34. The molecular weight excluding hydrogens is 242 g/mol. The normalized spacial score (nSPS) is 27.2. The number of ether oxygens (including phenoxy) is 2. The first kappa shape index (κ1) is 15.2. The SMILES string of the molecule is CCC1(CNCC(O)COCC2CCCO2)CCC1. The molecular formula is C15H29NO3. The fourth-order valence-electron chi connectivity index (χ4n) is 3.01. The molecule has 112 valence electrons. The van der Waals surface area contributed by atoms with Crippen LogP contribution >= 0.6 is 0 Å². The molecule has 0 aromatic carbocycles. The second-order valence-electron chi connectivity index (χ2n) is 6.16. The van der Waals surface area contributed by atoms with Crippen LogP contribution in [0.15, 0.2) is 0 Å². The molecule has 4 nitrogen and oxygen atoms in total. The average molecular weight is 271 g/mol. The third-order valence-electron chi connectivity index (χ3n) is 4.68. The lowest BCUT2D eigenvalue weighted by Gasteiger charge is -2.41. The molecule has 2 N–H and O–H groups in total. The Morgan fingerprint density at radius 3 is 2.84 bits per heavy atom. The van der Waals surface area contributed by atoms with Crippen LogP contribution in [0.1, 0.15) is 45.4 Å². The highest BCUT2D eigenvalue weighted by molar-refractivity contribution is 4.88. The van der Waals surface area contributed by atoms with Gasteiger partial charge in [0.2, 0.25) is 0 Å². The lowest BCUT2D eigenvalue weighted by atomic mass is 9.67. The highest BCUT2D eigenvalue weighted by atomic mass is 16.5. The van der Waals surface area contributed by atoms with Crippen molar-refractivity contribution >= 4 is 0 Å². The quantitative estimate of drug-likeness (QED) is 0.670. The molecule has 0 aromatic heterocycles. The molecule has 1 saturated carbocycles. The first-order chi connectivity index (χ1) is 9.24. The summed E-state index contributed by atoms with van der Waals surface area (Å²) in [5.74, 6) is 0. The summed E-state index contributed by atoms with van der Waals surface area (Å²) >= 11 is 0. The first-order valence-corrected chi connectivity index (χ1v) is 7.82. The van der Waals surface area contributed by atoms with Gasteiger partial charge in [0.15, 0.2) is 0 Å². The smallest absolute Gasteiger partial charge is 0.0897 e. The molecule has 1 aliphatic heterocycles. The first-order valence-electron chi connectivity index (χ1n) is 7.82. The van der Waals surface area contributed by atoms with Gasteiger partial charge in [0, 0.05) is 19.7 Å². The molecule has 19 heavy (non-hydrogen) atoms. The van der Waals surface area contributed by atoms with E-state index >= 15 is 0 Å². The number of hydrogen-bond acceptors (Lipinski definition) is 4. The Kier molecular flexibility index (Phi) is 6.07. The average Bonchev–Trinajstić information content (AvgIpc) is 2.86. The second-order valence-corrected chi connectivity index (χ2v) is 6.16. The van der Waals surface area contributed by atoms with E-state index in [2.05, 4.69) is 12.2 Å². The third kappa shape index (κ3) is 4.71. The molecule has 1 heterocycles. The molecule has 0 amide bonds. The molecule has 2 aliphatic rings. The standard InChI is InChI=1S/C15H29NO3/c1-2-15(6-4-7-15)12-16-9-13(17)10-18-11-14-5-3-8-19-14/h13-14,16-17H,2-12H2,1H3. The summed E-state index contributed by atoms with van der Waals surface area (Å²) in [5.41, 5.74) is 0.512. The Balaban J connectivity index is 1.48. The molecule has 0 aromatic rings. The van der Waals surface area contributed by atoms with E-state index in [1.165, 1.54) is 25.7 Å². The van der Waals surface area contributed by atoms with Gasteiger partial charge in [-0.1, -0.05) is 13.3 Å². The topological polar surface area (TPSA) is 50.7 Å². The van der Waals surface area contributed by atoms with Gasteiger partial charge in [0.1, 0.15) is 0 Å². The molecule has 1 saturated heterocycles. The maximum Gasteiger partial charge on any atom is 0.0897 e. The van der Waals surface area contributed by atoms with Gasteiger partial charge in [-0.05, 0) is 37.5 Å². The fraction of sp³-hybridized carbons (Fsp3) is 1.00. The molecule has 0 bridgehead atoms. The van der Waals surface area contributed by atoms with Crippen LogP contribution in [0.4, 0.5) is 0 Å². The summed E-state index contributed by atoms with van der Waals surface area (Å²) in [6.07, 6.45) is 7.34. The van der Waals surface area contributed by atoms with Crippen LogP contribution in [-0.2, 0) is 9.47 Å². The maximum atomic E-state index is 9.86. The predicted molar refractivity (Wildman–Crippen MR) is 75.2 cm³/mol. The molecule has 2 rings (SSSR count). The van der Waals surface area contributed by atoms with Crippen molar-refractivity contribution in [2.45, 2.75) is 57.7 Å². The Morgan fingerprint density at radius 2 is 2.26 bits per heavy atom. The molecule has 0 radical (unpaired) electrons. The number of aliphatic hydroxyl groups excluding tert-OH is 1. The summed E-state index contributed by atoms with van der Waals surface area (Å²) in [6, 6.07) is 0. The van der Waals surface area contributed by atoms with Crippen LogP contribution in [0.3, 0.4) is 0 Å². The van der Waals surface area contributed by atoms with E-state index in [-0.39, 0.29) is 6.10 Å². The zero-order valence-electron chi connectivity index (χ0n) is 12.2. The van der Waals surface area contributed by atoms with Crippen molar-refractivity contribution in [2.75, 3.05) is 32.9 Å². The van der Waals surface area contributed by atoms with Gasteiger partial charge in [0.05, 0.1) is 25.4 Å². The summed E-state index contributed by atoms with van der Waals surface area (Å²) in [5, 5.41) is 13.3. The minimum atomic E-state index is -0.407. The van der Waals surface area contributed by atoms with Gasteiger partial charge in [-0.25, -0.2) is 0 Å². The molecule has 4 heteroatoms. The van der Waals surface area contributed by atoms with Crippen LogP contribution in [0.25, 0.3) is 0 Å². The maximum absolute atomic E-state index is 9.86. The van der Waals surface area contributed by atoms with Gasteiger partial charge >= 0.3 is 0 Å². The summed E-state index contributed by atoms with van der Waals surface area (Å²) < 4.78 is 11.0. The lowest BCUT2D eigenvalue weighted by molar-refractivity contribution is -0.0175. The van der Waals surface area contributed by atoms with Crippen LogP contribution in [0.2, 0.25) is 0 Å². The van der Waals surface area contributed by atoms with Crippen LogP contribution in [0.5, 0.6) is 0 Å². The third-order valence-corrected chi connectivity index (χ3v) is 4.68. The van der Waals surface area contributed by atoms with Crippen molar-refractivity contribution in [3.05, 3.63) is 0 Å². The van der Waals surface area contributed by atoms with E-state index in [1.54, 1.807) is 0 Å². The summed E-state index contributed by atoms with van der Waals surface area (Å²) in [6.45, 7) is 5.82.